The van der Waals surface area contributed by atoms with Crippen molar-refractivity contribution in [2.45, 2.75) is 13.0 Å². The number of H-pyrrole nitrogens is 1. The first kappa shape index (κ1) is 19.1. The zero-order chi connectivity index (χ0) is 20.1. The van der Waals surface area contributed by atoms with Crippen LogP contribution in [-0.4, -0.2) is 40.0 Å². The van der Waals surface area contributed by atoms with Crippen LogP contribution in [0.3, 0.4) is 0 Å². The average molecular weight is 387 g/mol. The molecule has 2 heterocycles. The number of rotatable bonds is 8. The van der Waals surface area contributed by atoms with Crippen molar-refractivity contribution in [2.75, 3.05) is 25.0 Å². The third-order valence-electron chi connectivity index (χ3n) is 5.00. The predicted octanol–water partition coefficient (Wildman–Crippen LogP) is 3.67. The van der Waals surface area contributed by atoms with Crippen molar-refractivity contribution in [3.05, 3.63) is 78.2 Å². The lowest BCUT2D eigenvalue weighted by Gasteiger charge is -2.21. The Morgan fingerprint density at radius 2 is 1.90 bits per heavy atom. The van der Waals surface area contributed by atoms with E-state index in [0.29, 0.717) is 13.1 Å². The fourth-order valence-electron chi connectivity index (χ4n) is 3.46. The summed E-state index contributed by atoms with van der Waals surface area (Å²) >= 11 is 0. The molecule has 0 aliphatic rings. The van der Waals surface area contributed by atoms with Crippen molar-refractivity contribution in [3.63, 3.8) is 0 Å². The standard InChI is InChI=1S/C23H25N5O/c1-16-21-12-18(7-8-22(21)28-27-16)19-11-20(14-25-13-19)26-23(15-24-9-10-29)17-5-3-2-4-6-17/h2-8,11-14,23-24,26,29H,9-10,15H2,1H3,(H,27,28)/t23-/m1/s1. The molecule has 1 atom stereocenters. The van der Waals surface area contributed by atoms with Gasteiger partial charge in [0.1, 0.15) is 0 Å². The number of aromatic nitrogens is 3. The van der Waals surface area contributed by atoms with Crippen LogP contribution in [0, 0.1) is 6.92 Å². The lowest BCUT2D eigenvalue weighted by molar-refractivity contribution is 0.291. The third-order valence-corrected chi connectivity index (χ3v) is 5.00. The summed E-state index contributed by atoms with van der Waals surface area (Å²) in [4.78, 5) is 4.45. The van der Waals surface area contributed by atoms with Crippen LogP contribution in [-0.2, 0) is 0 Å². The molecule has 4 N–H and O–H groups in total. The number of nitrogens with zero attached hydrogens (tertiary/aromatic N) is 2. The molecule has 148 valence electrons. The highest BCUT2D eigenvalue weighted by Crippen LogP contribution is 2.27. The van der Waals surface area contributed by atoms with Gasteiger partial charge in [0.05, 0.1) is 23.9 Å². The fourth-order valence-corrected chi connectivity index (χ4v) is 3.46. The Hall–Kier alpha value is -3.22. The van der Waals surface area contributed by atoms with E-state index in [1.54, 1.807) is 0 Å². The van der Waals surface area contributed by atoms with Crippen LogP contribution in [0.4, 0.5) is 5.69 Å². The molecule has 0 bridgehead atoms. The monoisotopic (exact) mass is 387 g/mol. The lowest BCUT2D eigenvalue weighted by Crippen LogP contribution is -2.28. The van der Waals surface area contributed by atoms with Crippen molar-refractivity contribution < 1.29 is 5.11 Å². The van der Waals surface area contributed by atoms with Gasteiger partial charge in [0.2, 0.25) is 0 Å². The molecule has 0 radical (unpaired) electrons. The van der Waals surface area contributed by atoms with Crippen LogP contribution in [0.1, 0.15) is 17.3 Å². The van der Waals surface area contributed by atoms with Crippen LogP contribution in [0.5, 0.6) is 0 Å². The molecule has 0 aliphatic carbocycles. The summed E-state index contributed by atoms with van der Waals surface area (Å²) in [6.07, 6.45) is 3.72. The second kappa shape index (κ2) is 8.86. The van der Waals surface area contributed by atoms with E-state index in [2.05, 4.69) is 56.1 Å². The number of hydrogen-bond donors (Lipinski definition) is 4. The Balaban J connectivity index is 1.59. The Morgan fingerprint density at radius 1 is 1.03 bits per heavy atom. The average Bonchev–Trinajstić information content (AvgIpc) is 3.14. The van der Waals surface area contributed by atoms with Gasteiger partial charge >= 0.3 is 0 Å². The van der Waals surface area contributed by atoms with Gasteiger partial charge < -0.3 is 15.7 Å². The molecule has 0 saturated carbocycles. The molecule has 0 saturated heterocycles. The first-order chi connectivity index (χ1) is 14.2. The molecule has 4 aromatic rings. The zero-order valence-electron chi connectivity index (χ0n) is 16.4. The van der Waals surface area contributed by atoms with Crippen molar-refractivity contribution in [2.24, 2.45) is 0 Å². The molecule has 2 aromatic heterocycles. The maximum Gasteiger partial charge on any atom is 0.0924 e. The summed E-state index contributed by atoms with van der Waals surface area (Å²) in [6, 6.07) is 18.7. The second-order valence-corrected chi connectivity index (χ2v) is 7.08. The molecule has 0 unspecified atom stereocenters. The summed E-state index contributed by atoms with van der Waals surface area (Å²) in [5, 5.41) is 24.4. The first-order valence-electron chi connectivity index (χ1n) is 9.78. The number of aromatic amines is 1. The Kier molecular flexibility index (Phi) is 5.84. The summed E-state index contributed by atoms with van der Waals surface area (Å²) in [6.45, 7) is 3.41. The fraction of sp³-hybridized carbons (Fsp3) is 0.217. The van der Waals surface area contributed by atoms with Crippen LogP contribution < -0.4 is 10.6 Å². The van der Waals surface area contributed by atoms with Gasteiger partial charge in [-0.15, -0.1) is 0 Å². The van der Waals surface area contributed by atoms with E-state index >= 15 is 0 Å². The molecule has 4 rings (SSSR count). The van der Waals surface area contributed by atoms with Gasteiger partial charge in [0.15, 0.2) is 0 Å². The van der Waals surface area contributed by atoms with Gasteiger partial charge in [-0.05, 0) is 36.2 Å². The molecular weight excluding hydrogens is 362 g/mol. The highest BCUT2D eigenvalue weighted by Gasteiger charge is 2.12. The number of pyridine rings is 1. The number of hydrogen-bond acceptors (Lipinski definition) is 5. The number of aliphatic hydroxyl groups is 1. The normalized spacial score (nSPS) is 12.2. The minimum atomic E-state index is 0.0680. The largest absolute Gasteiger partial charge is 0.395 e. The van der Waals surface area contributed by atoms with Crippen LogP contribution >= 0.6 is 0 Å². The molecule has 0 amide bonds. The second-order valence-electron chi connectivity index (χ2n) is 7.08. The van der Waals surface area contributed by atoms with Crippen molar-refractivity contribution in [3.8, 4) is 11.1 Å². The number of benzene rings is 2. The Bertz CT molecular complexity index is 1080. The minimum Gasteiger partial charge on any atom is -0.395 e. The quantitative estimate of drug-likeness (QED) is 0.347. The van der Waals surface area contributed by atoms with E-state index in [1.165, 1.54) is 5.56 Å². The van der Waals surface area contributed by atoms with Gasteiger partial charge in [-0.25, -0.2) is 0 Å². The third kappa shape index (κ3) is 4.45. The van der Waals surface area contributed by atoms with E-state index < -0.39 is 0 Å². The van der Waals surface area contributed by atoms with E-state index in [1.807, 2.05) is 43.6 Å². The number of aliphatic hydroxyl groups excluding tert-OH is 1. The Labute approximate surface area is 170 Å². The van der Waals surface area contributed by atoms with E-state index in [9.17, 15) is 0 Å². The van der Waals surface area contributed by atoms with Crippen molar-refractivity contribution in [1.29, 1.82) is 0 Å². The Morgan fingerprint density at radius 3 is 2.72 bits per heavy atom. The van der Waals surface area contributed by atoms with Crippen molar-refractivity contribution in [1.82, 2.24) is 20.5 Å². The number of fused-ring (bicyclic) bond motifs is 1. The molecule has 0 spiro atoms. The topological polar surface area (TPSA) is 85.9 Å². The molecular formula is C23H25N5O. The van der Waals surface area contributed by atoms with E-state index in [0.717, 1.165) is 33.4 Å². The molecule has 0 fully saturated rings. The first-order valence-corrected chi connectivity index (χ1v) is 9.78. The highest BCUT2D eigenvalue weighted by atomic mass is 16.3. The van der Waals surface area contributed by atoms with Gasteiger partial charge in [0, 0.05) is 42.1 Å². The zero-order valence-corrected chi connectivity index (χ0v) is 16.4. The van der Waals surface area contributed by atoms with Gasteiger partial charge in [-0.3, -0.25) is 10.1 Å². The molecule has 6 nitrogen and oxygen atoms in total. The maximum atomic E-state index is 9.08. The highest BCUT2D eigenvalue weighted by molar-refractivity contribution is 5.86. The van der Waals surface area contributed by atoms with Crippen LogP contribution in [0.25, 0.3) is 22.0 Å². The molecule has 29 heavy (non-hydrogen) atoms. The summed E-state index contributed by atoms with van der Waals surface area (Å²) < 4.78 is 0. The maximum absolute atomic E-state index is 9.08. The number of nitrogens with one attached hydrogen (secondary N) is 3. The molecule has 2 aromatic carbocycles. The minimum absolute atomic E-state index is 0.0680. The summed E-state index contributed by atoms with van der Waals surface area (Å²) in [5.74, 6) is 0. The van der Waals surface area contributed by atoms with Crippen LogP contribution in [0.15, 0.2) is 67.0 Å². The SMILES string of the molecule is Cc1[nH]nc2ccc(-c3cncc(N[C@H](CNCCO)c4ccccc4)c3)cc12. The smallest absolute Gasteiger partial charge is 0.0924 e. The van der Waals surface area contributed by atoms with Crippen LogP contribution in [0.2, 0.25) is 0 Å². The van der Waals surface area contributed by atoms with Gasteiger partial charge in [-0.2, -0.15) is 5.10 Å². The number of aryl methyl sites for hydroxylation is 1. The summed E-state index contributed by atoms with van der Waals surface area (Å²) in [5.41, 5.74) is 6.31. The molecule has 0 aliphatic heterocycles. The lowest BCUT2D eigenvalue weighted by atomic mass is 10.0. The van der Waals surface area contributed by atoms with Gasteiger partial charge in [0.25, 0.3) is 0 Å². The van der Waals surface area contributed by atoms with Gasteiger partial charge in [-0.1, -0.05) is 36.4 Å². The van der Waals surface area contributed by atoms with Crippen molar-refractivity contribution >= 4 is 16.6 Å². The predicted molar refractivity (Wildman–Crippen MR) is 117 cm³/mol. The molecule has 6 heteroatoms. The summed E-state index contributed by atoms with van der Waals surface area (Å²) in [7, 11) is 0. The van der Waals surface area contributed by atoms with E-state index in [4.69, 9.17) is 5.11 Å². The number of anilines is 1. The van der Waals surface area contributed by atoms with E-state index in [-0.39, 0.29) is 12.6 Å².